The van der Waals surface area contributed by atoms with Crippen molar-refractivity contribution in [3.8, 4) is 0 Å². The summed E-state index contributed by atoms with van der Waals surface area (Å²) in [6.07, 6.45) is -4.02. The summed E-state index contributed by atoms with van der Waals surface area (Å²) in [6, 6.07) is 16.1. The molecule has 3 aromatic rings. The van der Waals surface area contributed by atoms with Crippen LogP contribution in [-0.2, 0) is 32.3 Å². The van der Waals surface area contributed by atoms with E-state index < -0.39 is 56.9 Å². The van der Waals surface area contributed by atoms with Gasteiger partial charge in [0, 0.05) is 12.6 Å². The molecule has 3 rings (SSSR count). The number of carbonyl (C=O) groups excluding carboxylic acids is 2. The summed E-state index contributed by atoms with van der Waals surface area (Å²) in [4.78, 5) is 28.4. The van der Waals surface area contributed by atoms with Crippen molar-refractivity contribution in [3.63, 3.8) is 0 Å². The van der Waals surface area contributed by atoms with E-state index in [0.29, 0.717) is 22.4 Å². The minimum atomic E-state index is -4.88. The standard InChI is InChI=1S/C31H35ClF3N3O4S/c1-5-22(4)36-30(40)28(6-2)37(19-23-10-8-7-9-11-23)29(39)20-38(43(41,42)25-15-12-21(3)13-16-25)24-14-17-27(32)26(18-24)31(33,34)35/h7-18,22,28H,5-6,19-20H2,1-4H3,(H,36,40)/t22-,28+/m0/s1. The van der Waals surface area contributed by atoms with Gasteiger partial charge < -0.3 is 10.2 Å². The molecular weight excluding hydrogens is 603 g/mol. The van der Waals surface area contributed by atoms with Crippen LogP contribution in [0.15, 0.2) is 77.7 Å². The first kappa shape index (κ1) is 33.9. The van der Waals surface area contributed by atoms with Crippen LogP contribution in [0.2, 0.25) is 5.02 Å². The van der Waals surface area contributed by atoms with E-state index in [1.165, 1.54) is 17.0 Å². The molecule has 1 N–H and O–H groups in total. The fourth-order valence-corrected chi connectivity index (χ4v) is 6.02. The number of aryl methyl sites for hydroxylation is 1. The number of carbonyl (C=O) groups is 2. The first-order valence-electron chi connectivity index (χ1n) is 13.8. The van der Waals surface area contributed by atoms with Gasteiger partial charge in [-0.25, -0.2) is 8.42 Å². The highest BCUT2D eigenvalue weighted by molar-refractivity contribution is 7.92. The maximum Gasteiger partial charge on any atom is 0.417 e. The highest BCUT2D eigenvalue weighted by Gasteiger charge is 2.37. The van der Waals surface area contributed by atoms with Gasteiger partial charge in [0.1, 0.15) is 12.6 Å². The van der Waals surface area contributed by atoms with Crippen LogP contribution in [0.5, 0.6) is 0 Å². The molecule has 0 aliphatic rings. The number of sulfonamides is 1. The van der Waals surface area contributed by atoms with Crippen LogP contribution in [-0.4, -0.2) is 43.8 Å². The minimum Gasteiger partial charge on any atom is -0.352 e. The molecule has 2 atom stereocenters. The predicted octanol–water partition coefficient (Wildman–Crippen LogP) is 6.58. The zero-order chi connectivity index (χ0) is 31.9. The SMILES string of the molecule is CC[C@H](C(=O)N[C@@H](C)CC)N(Cc1ccccc1)C(=O)CN(c1ccc(Cl)c(C(F)(F)F)c1)S(=O)(=O)c1ccc(C)cc1. The monoisotopic (exact) mass is 637 g/mol. The predicted molar refractivity (Wildman–Crippen MR) is 161 cm³/mol. The maximum absolute atomic E-state index is 14.1. The fourth-order valence-electron chi connectivity index (χ4n) is 4.39. The van der Waals surface area contributed by atoms with Crippen LogP contribution in [0.4, 0.5) is 18.9 Å². The molecule has 0 saturated heterocycles. The lowest BCUT2D eigenvalue weighted by atomic mass is 10.1. The highest BCUT2D eigenvalue weighted by atomic mass is 35.5. The zero-order valence-corrected chi connectivity index (χ0v) is 25.9. The first-order valence-corrected chi connectivity index (χ1v) is 15.6. The van der Waals surface area contributed by atoms with Gasteiger partial charge in [-0.2, -0.15) is 13.2 Å². The number of hydrogen-bond donors (Lipinski definition) is 1. The van der Waals surface area contributed by atoms with Gasteiger partial charge in [-0.05, 0) is 62.6 Å². The molecule has 0 aliphatic carbocycles. The molecule has 0 heterocycles. The van der Waals surface area contributed by atoms with Gasteiger partial charge in [-0.3, -0.25) is 13.9 Å². The Morgan fingerprint density at radius 2 is 1.58 bits per heavy atom. The summed E-state index contributed by atoms with van der Waals surface area (Å²) in [5.41, 5.74) is -0.199. The van der Waals surface area contributed by atoms with E-state index in [1.807, 2.05) is 13.8 Å². The highest BCUT2D eigenvalue weighted by Crippen LogP contribution is 2.38. The molecule has 0 spiro atoms. The molecule has 0 aromatic heterocycles. The average molecular weight is 638 g/mol. The van der Waals surface area contributed by atoms with Crippen molar-refractivity contribution < 1.29 is 31.2 Å². The Kier molecular flexibility index (Phi) is 11.3. The quantitative estimate of drug-likeness (QED) is 0.243. The van der Waals surface area contributed by atoms with Crippen molar-refractivity contribution in [2.45, 2.75) is 70.2 Å². The van der Waals surface area contributed by atoms with Crippen molar-refractivity contribution in [2.24, 2.45) is 0 Å². The Hall–Kier alpha value is -3.57. The van der Waals surface area contributed by atoms with E-state index in [0.717, 1.165) is 17.7 Å². The molecule has 3 aromatic carbocycles. The molecule has 2 amide bonds. The Labute approximate surface area is 255 Å². The number of hydrogen-bond acceptors (Lipinski definition) is 4. The van der Waals surface area contributed by atoms with Crippen LogP contribution < -0.4 is 9.62 Å². The smallest absolute Gasteiger partial charge is 0.352 e. The molecule has 7 nitrogen and oxygen atoms in total. The van der Waals surface area contributed by atoms with Gasteiger partial charge >= 0.3 is 6.18 Å². The number of amides is 2. The van der Waals surface area contributed by atoms with Crippen LogP contribution in [0.25, 0.3) is 0 Å². The van der Waals surface area contributed by atoms with Gasteiger partial charge in [0.15, 0.2) is 0 Å². The molecular formula is C31H35ClF3N3O4S. The van der Waals surface area contributed by atoms with Gasteiger partial charge in [-0.15, -0.1) is 0 Å². The van der Waals surface area contributed by atoms with Crippen LogP contribution in [0.3, 0.4) is 0 Å². The summed E-state index contributed by atoms with van der Waals surface area (Å²) in [5.74, 6) is -1.19. The number of rotatable bonds is 12. The molecule has 0 bridgehead atoms. The minimum absolute atomic E-state index is 0.0288. The molecule has 43 heavy (non-hydrogen) atoms. The van der Waals surface area contributed by atoms with E-state index in [-0.39, 0.29) is 23.9 Å². The lowest BCUT2D eigenvalue weighted by molar-refractivity contribution is -0.140. The van der Waals surface area contributed by atoms with Gasteiger partial charge in [0.2, 0.25) is 11.8 Å². The third-order valence-corrected chi connectivity index (χ3v) is 9.13. The molecule has 232 valence electrons. The topological polar surface area (TPSA) is 86.8 Å². The number of alkyl halides is 3. The van der Waals surface area contributed by atoms with E-state index in [2.05, 4.69) is 5.32 Å². The Morgan fingerprint density at radius 3 is 2.14 bits per heavy atom. The maximum atomic E-state index is 14.1. The van der Waals surface area contributed by atoms with Crippen molar-refractivity contribution in [1.82, 2.24) is 10.2 Å². The van der Waals surface area contributed by atoms with Crippen LogP contribution >= 0.6 is 11.6 Å². The largest absolute Gasteiger partial charge is 0.417 e. The van der Waals surface area contributed by atoms with E-state index in [4.69, 9.17) is 11.6 Å². The third-order valence-electron chi connectivity index (χ3n) is 7.01. The molecule has 0 fully saturated rings. The fraction of sp³-hybridized carbons (Fsp3) is 0.355. The van der Waals surface area contributed by atoms with Gasteiger partial charge in [0.05, 0.1) is 21.2 Å². The van der Waals surface area contributed by atoms with Crippen molar-refractivity contribution >= 4 is 39.1 Å². The second-order valence-electron chi connectivity index (χ2n) is 10.2. The van der Waals surface area contributed by atoms with Crippen molar-refractivity contribution in [2.75, 3.05) is 10.8 Å². The molecule has 0 saturated carbocycles. The summed E-state index contributed by atoms with van der Waals surface area (Å²) < 4.78 is 69.9. The summed E-state index contributed by atoms with van der Waals surface area (Å²) in [5, 5.41) is 2.26. The third kappa shape index (κ3) is 8.51. The van der Waals surface area contributed by atoms with Gasteiger partial charge in [0.25, 0.3) is 10.0 Å². The molecule has 0 radical (unpaired) electrons. The summed E-state index contributed by atoms with van der Waals surface area (Å²) in [6.45, 7) is 6.30. The number of halogens is 4. The molecule has 12 heteroatoms. The van der Waals surface area contributed by atoms with Crippen molar-refractivity contribution in [1.29, 1.82) is 0 Å². The number of benzene rings is 3. The average Bonchev–Trinajstić information content (AvgIpc) is 2.96. The Balaban J connectivity index is 2.14. The number of nitrogens with zero attached hydrogens (tertiary/aromatic N) is 2. The second kappa shape index (κ2) is 14.3. The Bertz CT molecular complexity index is 1520. The molecule has 0 unspecified atom stereocenters. The van der Waals surface area contributed by atoms with Gasteiger partial charge in [-0.1, -0.05) is 73.5 Å². The number of nitrogens with one attached hydrogen (secondary N) is 1. The van der Waals surface area contributed by atoms with E-state index in [9.17, 15) is 31.2 Å². The lowest BCUT2D eigenvalue weighted by Crippen LogP contribution is -2.53. The summed E-state index contributed by atoms with van der Waals surface area (Å²) >= 11 is 5.82. The Morgan fingerprint density at radius 1 is 0.953 bits per heavy atom. The van der Waals surface area contributed by atoms with Crippen molar-refractivity contribution in [3.05, 3.63) is 94.5 Å². The normalized spacial score (nSPS) is 13.2. The lowest BCUT2D eigenvalue weighted by Gasteiger charge is -2.34. The second-order valence-corrected chi connectivity index (χ2v) is 12.5. The van der Waals surface area contributed by atoms with Crippen LogP contribution in [0.1, 0.15) is 50.3 Å². The number of anilines is 1. The van der Waals surface area contributed by atoms with E-state index >= 15 is 0 Å². The zero-order valence-electron chi connectivity index (χ0n) is 24.4. The molecule has 0 aliphatic heterocycles. The van der Waals surface area contributed by atoms with E-state index in [1.54, 1.807) is 56.3 Å². The van der Waals surface area contributed by atoms with Crippen LogP contribution in [0, 0.1) is 6.92 Å². The first-order chi connectivity index (χ1) is 20.2. The summed E-state index contributed by atoms with van der Waals surface area (Å²) in [7, 11) is -4.55.